The quantitative estimate of drug-likeness (QED) is 0.283. The Hall–Kier alpha value is 0.670. The van der Waals surface area contributed by atoms with Gasteiger partial charge in [0.15, 0.2) is 0 Å². The summed E-state index contributed by atoms with van der Waals surface area (Å²) in [5.74, 6) is 0. The van der Waals surface area contributed by atoms with Crippen LogP contribution in [0.2, 0.25) is 0 Å². The Morgan fingerprint density at radius 2 is 1.00 bits per heavy atom. The summed E-state index contributed by atoms with van der Waals surface area (Å²) in [4.78, 5) is 16.8. The Labute approximate surface area is 136 Å². The van der Waals surface area contributed by atoms with E-state index in [9.17, 15) is 0 Å². The Kier molecular flexibility index (Phi) is 33.7. The summed E-state index contributed by atoms with van der Waals surface area (Å²) in [6, 6.07) is 0. The number of rotatable bonds is 0. The molecule has 10 nitrogen and oxygen atoms in total. The summed E-state index contributed by atoms with van der Waals surface area (Å²) < 4.78 is 31.6. The maximum Gasteiger partial charge on any atom is 2.00 e. The monoisotopic (exact) mass is 282 g/mol. The van der Waals surface area contributed by atoms with Gasteiger partial charge in [0.25, 0.3) is 0 Å². The molecule has 0 aliphatic rings. The van der Waals surface area contributed by atoms with Crippen molar-refractivity contribution in [2.45, 2.75) is 0 Å². The fourth-order valence-electron chi connectivity index (χ4n) is 0. The maximum atomic E-state index is 8.74. The van der Waals surface area contributed by atoms with Crippen LogP contribution < -0.4 is 44.9 Å². The number of carbonyl (C=O) groups excluding carboxylic acids is 1. The van der Waals surface area contributed by atoms with Gasteiger partial charge < -0.3 is 30.0 Å². The number of hydrogen-bond acceptors (Lipinski definition) is 7. The second kappa shape index (κ2) is 17.1. The third-order valence-electron chi connectivity index (χ3n) is 0. The minimum atomic E-state index is -4.67. The van der Waals surface area contributed by atoms with Crippen molar-refractivity contribution in [3.05, 3.63) is 0 Å². The van der Waals surface area contributed by atoms with Gasteiger partial charge in [0.2, 0.25) is 6.16 Å². The molecule has 0 fully saturated rings. The van der Waals surface area contributed by atoms with Crippen LogP contribution in [-0.4, -0.2) is 72.7 Å². The van der Waals surface area contributed by atoms with E-state index in [-0.39, 0.29) is 67.3 Å². The summed E-state index contributed by atoms with van der Waals surface area (Å²) in [7, 11) is -4.67. The van der Waals surface area contributed by atoms with Crippen LogP contribution in [0.25, 0.3) is 0 Å². The fourth-order valence-corrected chi connectivity index (χ4v) is 0. The van der Waals surface area contributed by atoms with E-state index in [1.807, 2.05) is 0 Å². The van der Waals surface area contributed by atoms with Crippen molar-refractivity contribution in [1.82, 2.24) is 0 Å². The maximum absolute atomic E-state index is 8.74. The zero-order chi connectivity index (χ0) is 11.7. The smallest absolute Gasteiger partial charge is 0.652 e. The van der Waals surface area contributed by atoms with Gasteiger partial charge in [-0.3, -0.25) is 9.11 Å². The Bertz CT molecular complexity index is 218. The number of hydrogen-bond donors (Lipinski definition) is 3. The summed E-state index contributed by atoms with van der Waals surface area (Å²) in [5.41, 5.74) is 0. The molecule has 0 bridgehead atoms. The van der Waals surface area contributed by atoms with Crippen LogP contribution in [0.1, 0.15) is 0 Å². The van der Waals surface area contributed by atoms with Crippen LogP contribution in [0.5, 0.6) is 0 Å². The van der Waals surface area contributed by atoms with Crippen LogP contribution >= 0.6 is 0 Å². The molecule has 0 spiro atoms. The molecule has 0 rings (SSSR count). The van der Waals surface area contributed by atoms with Crippen molar-refractivity contribution in [3.8, 4) is 0 Å². The van der Waals surface area contributed by atoms with Crippen LogP contribution in [0.3, 0.4) is 0 Å². The first kappa shape index (κ1) is 29.6. The molecule has 0 aromatic heterocycles. The summed E-state index contributed by atoms with van der Waals surface area (Å²) >= 11 is 0. The van der Waals surface area contributed by atoms with Crippen molar-refractivity contribution in [1.29, 1.82) is 0 Å². The van der Waals surface area contributed by atoms with Gasteiger partial charge in [-0.25, -0.2) is 0 Å². The molecule has 0 aliphatic carbocycles. The van der Waals surface area contributed by atoms with Gasteiger partial charge in [-0.05, 0) is 6.16 Å². The SMILES string of the molecule is O=C([O-])O.O=C([O-])[O-].O=S(=O)(O)O.[Ca+2].[Na+]. The van der Waals surface area contributed by atoms with Crippen molar-refractivity contribution in [3.63, 3.8) is 0 Å². The third-order valence-corrected chi connectivity index (χ3v) is 0. The van der Waals surface area contributed by atoms with E-state index < -0.39 is 22.7 Å². The molecule has 0 atom stereocenters. The molecule has 0 radical (unpaired) electrons. The molecule has 0 saturated carbocycles. The van der Waals surface area contributed by atoms with Crippen molar-refractivity contribution < 1.29 is 77.1 Å². The van der Waals surface area contributed by atoms with E-state index in [4.69, 9.17) is 47.5 Å². The summed E-state index contributed by atoms with van der Waals surface area (Å²) in [5, 5.41) is 32.0. The van der Waals surface area contributed by atoms with Crippen molar-refractivity contribution in [2.24, 2.45) is 0 Å². The Morgan fingerprint density at radius 1 is 1.00 bits per heavy atom. The molecule has 80 valence electrons. The van der Waals surface area contributed by atoms with Crippen LogP contribution in [0, 0.1) is 0 Å². The average Bonchev–Trinajstić information content (AvgIpc) is 1.50. The van der Waals surface area contributed by atoms with Gasteiger partial charge in [0, 0.05) is 0 Å². The molecule has 0 aliphatic heterocycles. The predicted octanol–water partition coefficient (Wildman–Crippen LogP) is -7.59. The zero-order valence-electron chi connectivity index (χ0n) is 7.31. The molecule has 0 aromatic rings. The molecule has 0 heterocycles. The van der Waals surface area contributed by atoms with Crippen LogP contribution in [-0.2, 0) is 10.4 Å². The predicted molar refractivity (Wildman–Crippen MR) is 33.4 cm³/mol. The van der Waals surface area contributed by atoms with Gasteiger partial charge in [-0.1, -0.05) is 0 Å². The summed E-state index contributed by atoms with van der Waals surface area (Å²) in [6.45, 7) is 0. The molecule has 3 N–H and O–H groups in total. The van der Waals surface area contributed by atoms with Gasteiger partial charge >= 0.3 is 77.7 Å². The second-order valence-electron chi connectivity index (χ2n) is 0.964. The van der Waals surface area contributed by atoms with E-state index in [1.165, 1.54) is 0 Å². The Balaban J connectivity index is -0.0000000315. The minimum Gasteiger partial charge on any atom is -0.652 e. The Morgan fingerprint density at radius 3 is 1.00 bits per heavy atom. The average molecular weight is 282 g/mol. The fraction of sp³-hybridized carbons (Fsp3) is 0. The molecule has 15 heavy (non-hydrogen) atoms. The summed E-state index contributed by atoms with van der Waals surface area (Å²) in [6.07, 6.45) is -4.42. The van der Waals surface area contributed by atoms with Crippen LogP contribution in [0.4, 0.5) is 9.59 Å². The number of carbonyl (C=O) groups is 2. The zero-order valence-corrected chi connectivity index (χ0v) is 12.3. The molecule has 0 unspecified atom stereocenters. The molecule has 0 saturated heterocycles. The molecule has 13 heteroatoms. The minimum absolute atomic E-state index is 0. The molecule has 0 amide bonds. The molecular weight excluding hydrogens is 279 g/mol. The third kappa shape index (κ3) is 5250. The van der Waals surface area contributed by atoms with E-state index in [0.717, 1.165) is 0 Å². The molecular formula is C2H3CaNaO10S. The number of carboxylic acid groups (broad SMARTS) is 4. The van der Waals surface area contributed by atoms with Gasteiger partial charge in [0.05, 0.1) is 0 Å². The van der Waals surface area contributed by atoms with Gasteiger partial charge in [-0.2, -0.15) is 8.42 Å². The largest absolute Gasteiger partial charge is 2.00 e. The van der Waals surface area contributed by atoms with E-state index >= 15 is 0 Å². The second-order valence-corrected chi connectivity index (χ2v) is 1.86. The van der Waals surface area contributed by atoms with Gasteiger partial charge in [0.1, 0.15) is 0 Å². The normalized spacial score (nSPS) is 7.07. The first-order chi connectivity index (χ1) is 5.46. The first-order valence-electron chi connectivity index (χ1n) is 1.94. The molecule has 0 aromatic carbocycles. The van der Waals surface area contributed by atoms with E-state index in [0.29, 0.717) is 0 Å². The van der Waals surface area contributed by atoms with Gasteiger partial charge in [-0.15, -0.1) is 0 Å². The first-order valence-corrected chi connectivity index (χ1v) is 3.34. The van der Waals surface area contributed by atoms with Crippen molar-refractivity contribution >= 4 is 60.4 Å². The topological polar surface area (TPSA) is 198 Å². The standard InChI is InChI=1S/2CH2O3.Ca.Na.H2O4S/c2*2-1(3)4;;;1-5(2,3)4/h2*(H2,2,3,4);;;(H2,1,2,3,4)/q;;+2;+1;/p-3. The van der Waals surface area contributed by atoms with Crippen LogP contribution in [0.15, 0.2) is 0 Å². The van der Waals surface area contributed by atoms with E-state index in [2.05, 4.69) is 0 Å². The van der Waals surface area contributed by atoms with E-state index in [1.54, 1.807) is 0 Å². The van der Waals surface area contributed by atoms with Crippen molar-refractivity contribution in [2.75, 3.05) is 0 Å².